The van der Waals surface area contributed by atoms with Crippen LogP contribution in [0.25, 0.3) is 44.1 Å². The minimum atomic E-state index is -4.61. The highest BCUT2D eigenvalue weighted by Crippen LogP contribution is 2.41. The minimum Gasteiger partial charge on any atom is -0.349 e. The SMILES string of the molecule is O=C(NCc1cccs1)c1[nH]c2c(C(F)(F)F)cc(-c3ccccc3)cc2c1Cl.O=C(NCc1cccs1)c1[nH]c2c(Cl)cc(-c3ccccc3)cc2c1Cl. The third-order valence-electron chi connectivity index (χ3n) is 8.62. The first kappa shape index (κ1) is 38.2. The predicted octanol–water partition coefficient (Wildman–Crippen LogP) is 12.6. The molecular formula is C41H28Cl3F3N4O2S2. The van der Waals surface area contributed by atoms with E-state index in [0.717, 1.165) is 32.3 Å². The van der Waals surface area contributed by atoms with Gasteiger partial charge in [0.05, 0.1) is 44.8 Å². The zero-order chi connectivity index (χ0) is 38.7. The van der Waals surface area contributed by atoms with Crippen LogP contribution in [0, 0.1) is 0 Å². The summed E-state index contributed by atoms with van der Waals surface area (Å²) in [4.78, 5) is 32.7. The topological polar surface area (TPSA) is 89.8 Å². The first-order valence-electron chi connectivity index (χ1n) is 16.6. The summed E-state index contributed by atoms with van der Waals surface area (Å²) < 4.78 is 41.2. The van der Waals surface area contributed by atoms with Gasteiger partial charge in [-0.15, -0.1) is 22.7 Å². The quantitative estimate of drug-likeness (QED) is 0.123. The van der Waals surface area contributed by atoms with Gasteiger partial charge in [-0.2, -0.15) is 13.2 Å². The molecular weight excluding hydrogens is 808 g/mol. The molecule has 0 saturated heterocycles. The van der Waals surface area contributed by atoms with Crippen LogP contribution in [0.15, 0.2) is 120 Å². The molecule has 6 nitrogen and oxygen atoms in total. The van der Waals surface area contributed by atoms with Crippen molar-refractivity contribution in [1.29, 1.82) is 0 Å². The molecule has 0 bridgehead atoms. The van der Waals surface area contributed by atoms with Crippen molar-refractivity contribution in [2.75, 3.05) is 0 Å². The molecule has 4 N–H and O–H groups in total. The van der Waals surface area contributed by atoms with Gasteiger partial charge in [-0.05, 0) is 69.4 Å². The summed E-state index contributed by atoms with van der Waals surface area (Å²) in [5.74, 6) is -0.814. The van der Waals surface area contributed by atoms with E-state index in [2.05, 4.69) is 20.6 Å². The molecule has 55 heavy (non-hydrogen) atoms. The van der Waals surface area contributed by atoms with E-state index in [4.69, 9.17) is 34.8 Å². The Morgan fingerprint density at radius 1 is 0.582 bits per heavy atom. The van der Waals surface area contributed by atoms with Gasteiger partial charge in [0.1, 0.15) is 11.4 Å². The van der Waals surface area contributed by atoms with Gasteiger partial charge in [0.2, 0.25) is 0 Å². The Morgan fingerprint density at radius 3 is 1.49 bits per heavy atom. The van der Waals surface area contributed by atoms with Crippen molar-refractivity contribution in [3.05, 3.63) is 162 Å². The molecule has 4 heterocycles. The average molecular weight is 836 g/mol. The first-order chi connectivity index (χ1) is 26.5. The summed E-state index contributed by atoms with van der Waals surface area (Å²) >= 11 is 22.3. The molecule has 8 aromatic rings. The van der Waals surface area contributed by atoms with Gasteiger partial charge in [-0.3, -0.25) is 9.59 Å². The van der Waals surface area contributed by atoms with Crippen molar-refractivity contribution in [3.8, 4) is 22.3 Å². The first-order valence-corrected chi connectivity index (χ1v) is 19.5. The smallest absolute Gasteiger partial charge is 0.349 e. The number of fused-ring (bicyclic) bond motifs is 2. The maximum absolute atomic E-state index is 13.7. The molecule has 0 saturated carbocycles. The van der Waals surface area contributed by atoms with Crippen molar-refractivity contribution in [2.45, 2.75) is 19.3 Å². The number of thiophene rings is 2. The minimum absolute atomic E-state index is 0.0352. The lowest BCUT2D eigenvalue weighted by atomic mass is 10.00. The zero-order valence-corrected chi connectivity index (χ0v) is 32.3. The lowest BCUT2D eigenvalue weighted by Crippen LogP contribution is -2.23. The van der Waals surface area contributed by atoms with Crippen LogP contribution >= 0.6 is 57.5 Å². The van der Waals surface area contributed by atoms with E-state index in [1.807, 2.05) is 77.5 Å². The van der Waals surface area contributed by atoms with E-state index in [9.17, 15) is 22.8 Å². The lowest BCUT2D eigenvalue weighted by Gasteiger charge is -2.11. The van der Waals surface area contributed by atoms with E-state index in [1.165, 1.54) is 11.3 Å². The van der Waals surface area contributed by atoms with Gasteiger partial charge >= 0.3 is 6.18 Å². The number of alkyl halides is 3. The molecule has 0 fully saturated rings. The number of rotatable bonds is 8. The van der Waals surface area contributed by atoms with Crippen LogP contribution in [0.5, 0.6) is 0 Å². The van der Waals surface area contributed by atoms with Crippen LogP contribution in [0.4, 0.5) is 13.2 Å². The number of halogens is 6. The Hall–Kier alpha value is -5.04. The highest BCUT2D eigenvalue weighted by atomic mass is 35.5. The number of hydrogen-bond acceptors (Lipinski definition) is 4. The maximum Gasteiger partial charge on any atom is 0.418 e. The Bertz CT molecular complexity index is 2610. The van der Waals surface area contributed by atoms with Gasteiger partial charge in [0.25, 0.3) is 11.8 Å². The van der Waals surface area contributed by atoms with Gasteiger partial charge in [0.15, 0.2) is 0 Å². The Balaban J connectivity index is 0.000000170. The molecule has 4 aromatic carbocycles. The van der Waals surface area contributed by atoms with E-state index in [1.54, 1.807) is 47.7 Å². The van der Waals surface area contributed by atoms with Crippen LogP contribution in [-0.4, -0.2) is 21.8 Å². The van der Waals surface area contributed by atoms with E-state index >= 15 is 0 Å². The number of aromatic nitrogens is 2. The molecule has 0 spiro atoms. The fraction of sp³-hybridized carbons (Fsp3) is 0.0732. The van der Waals surface area contributed by atoms with Crippen molar-refractivity contribution in [3.63, 3.8) is 0 Å². The van der Waals surface area contributed by atoms with Gasteiger partial charge in [-0.25, -0.2) is 0 Å². The van der Waals surface area contributed by atoms with E-state index < -0.39 is 17.6 Å². The maximum atomic E-state index is 13.7. The molecule has 0 unspecified atom stereocenters. The van der Waals surface area contributed by atoms with Gasteiger partial charge < -0.3 is 20.6 Å². The number of amides is 2. The molecule has 4 aromatic heterocycles. The number of hydrogen-bond donors (Lipinski definition) is 4. The zero-order valence-electron chi connectivity index (χ0n) is 28.4. The monoisotopic (exact) mass is 834 g/mol. The second-order valence-electron chi connectivity index (χ2n) is 12.2. The van der Waals surface area contributed by atoms with Gasteiger partial charge in [-0.1, -0.05) is 108 Å². The molecule has 0 radical (unpaired) electrons. The molecule has 8 rings (SSSR count). The largest absolute Gasteiger partial charge is 0.418 e. The van der Waals surface area contributed by atoms with Gasteiger partial charge in [0, 0.05) is 20.5 Å². The third-order valence-corrected chi connectivity index (χ3v) is 11.5. The number of benzene rings is 4. The lowest BCUT2D eigenvalue weighted by molar-refractivity contribution is -0.136. The van der Waals surface area contributed by atoms with Crippen molar-refractivity contribution >= 4 is 91.1 Å². The summed E-state index contributed by atoms with van der Waals surface area (Å²) in [6, 6.07) is 32.7. The molecule has 14 heteroatoms. The Kier molecular flexibility index (Phi) is 11.4. The van der Waals surface area contributed by atoms with Crippen molar-refractivity contribution in [1.82, 2.24) is 20.6 Å². The van der Waals surface area contributed by atoms with Crippen LogP contribution in [0.3, 0.4) is 0 Å². The van der Waals surface area contributed by atoms with Crippen molar-refractivity contribution in [2.24, 2.45) is 0 Å². The number of carbonyl (C=O) groups excluding carboxylic acids is 2. The second-order valence-corrected chi connectivity index (χ2v) is 15.4. The van der Waals surface area contributed by atoms with Crippen LogP contribution in [-0.2, 0) is 19.3 Å². The summed E-state index contributed by atoms with van der Waals surface area (Å²) in [7, 11) is 0. The highest BCUT2D eigenvalue weighted by molar-refractivity contribution is 7.10. The molecule has 2 amide bonds. The molecule has 0 atom stereocenters. The normalized spacial score (nSPS) is 11.4. The second kappa shape index (κ2) is 16.4. The van der Waals surface area contributed by atoms with Crippen LogP contribution in [0.1, 0.15) is 36.3 Å². The Labute approximate surface area is 335 Å². The molecule has 0 aliphatic rings. The number of aromatic amines is 2. The molecule has 0 aliphatic heterocycles. The summed E-state index contributed by atoms with van der Waals surface area (Å²) in [6.45, 7) is 0.731. The average Bonchev–Trinajstić information content (AvgIpc) is 4.02. The molecule has 278 valence electrons. The number of carbonyl (C=O) groups is 2. The van der Waals surface area contributed by atoms with Crippen LogP contribution < -0.4 is 10.6 Å². The fourth-order valence-corrected chi connectivity index (χ4v) is 8.07. The Morgan fingerprint density at radius 2 is 1.04 bits per heavy atom. The number of nitrogens with one attached hydrogen (secondary N) is 4. The summed E-state index contributed by atoms with van der Waals surface area (Å²) in [5.41, 5.74) is 2.82. The molecule has 0 aliphatic carbocycles. The summed E-state index contributed by atoms with van der Waals surface area (Å²) in [5, 5.41) is 11.2. The third kappa shape index (κ3) is 8.46. The number of H-pyrrole nitrogens is 2. The van der Waals surface area contributed by atoms with Crippen LogP contribution in [0.2, 0.25) is 15.1 Å². The predicted molar refractivity (Wildman–Crippen MR) is 218 cm³/mol. The van der Waals surface area contributed by atoms with Crippen molar-refractivity contribution < 1.29 is 22.8 Å². The van der Waals surface area contributed by atoms with E-state index in [-0.39, 0.29) is 34.1 Å². The standard InChI is InChI=1S/C21H14ClF3N2OS.C20H14Cl2N2OS/c22-17-15-9-13(12-5-2-1-3-6-12)10-16(21(23,24)25)18(15)27-19(17)20(28)26-11-14-7-4-8-29-14;21-16-10-13(12-5-2-1-3-6-12)9-15-17(22)19(24-18(15)16)20(25)23-11-14-7-4-8-26-14/h1-10,27H,11H2,(H,26,28);1-10,24H,11H2,(H,23,25). The summed E-state index contributed by atoms with van der Waals surface area (Å²) in [6.07, 6.45) is -4.61. The van der Waals surface area contributed by atoms with E-state index in [0.29, 0.717) is 38.9 Å². The highest BCUT2D eigenvalue weighted by Gasteiger charge is 2.35. The fourth-order valence-electron chi connectivity index (χ4n) is 5.95.